The molecule has 6 nitrogen and oxygen atoms in total. The highest BCUT2D eigenvalue weighted by Gasteiger charge is 2.36. The molecule has 0 saturated carbocycles. The van der Waals surface area contributed by atoms with Gasteiger partial charge in [0.2, 0.25) is 5.82 Å². The summed E-state index contributed by atoms with van der Waals surface area (Å²) in [6.07, 6.45) is -4.80. The summed E-state index contributed by atoms with van der Waals surface area (Å²) in [5.41, 5.74) is 0.0947. The Labute approximate surface area is 177 Å². The van der Waals surface area contributed by atoms with Gasteiger partial charge in [0.25, 0.3) is 11.7 Å². The van der Waals surface area contributed by atoms with Crippen LogP contribution in [0.4, 0.5) is 23.2 Å². The second kappa shape index (κ2) is 7.62. The molecule has 0 aliphatic heterocycles. The van der Waals surface area contributed by atoms with Gasteiger partial charge in [-0.1, -0.05) is 17.7 Å². The number of carbonyl (C=O) groups is 1. The van der Waals surface area contributed by atoms with E-state index in [9.17, 15) is 22.4 Å². The van der Waals surface area contributed by atoms with Crippen LogP contribution >= 0.6 is 11.6 Å². The lowest BCUT2D eigenvalue weighted by atomic mass is 10.1. The molecular formula is C20H12ClF4N5O. The van der Waals surface area contributed by atoms with Crippen LogP contribution in [-0.2, 0) is 6.18 Å². The number of hydrogen-bond donors (Lipinski definition) is 1. The lowest BCUT2D eigenvalue weighted by Gasteiger charge is -2.10. The predicted molar refractivity (Wildman–Crippen MR) is 105 cm³/mol. The number of nitrogens with one attached hydrogen (secondary N) is 1. The summed E-state index contributed by atoms with van der Waals surface area (Å²) in [4.78, 5) is 20.4. The van der Waals surface area contributed by atoms with E-state index in [0.717, 1.165) is 23.8 Å². The molecule has 0 aliphatic carbocycles. The van der Waals surface area contributed by atoms with E-state index >= 15 is 0 Å². The van der Waals surface area contributed by atoms with Gasteiger partial charge in [0.05, 0.1) is 5.69 Å². The van der Waals surface area contributed by atoms with E-state index in [-0.39, 0.29) is 11.3 Å². The summed E-state index contributed by atoms with van der Waals surface area (Å²) in [6.45, 7) is 1.78. The van der Waals surface area contributed by atoms with Crippen molar-refractivity contribution < 1.29 is 22.4 Å². The van der Waals surface area contributed by atoms with E-state index in [2.05, 4.69) is 20.4 Å². The zero-order valence-electron chi connectivity index (χ0n) is 15.7. The van der Waals surface area contributed by atoms with Crippen LogP contribution in [0.15, 0.2) is 48.5 Å². The smallest absolute Gasteiger partial charge is 0.319 e. The van der Waals surface area contributed by atoms with Gasteiger partial charge in [0.15, 0.2) is 5.69 Å². The number of fused-ring (bicyclic) bond motifs is 1. The minimum absolute atomic E-state index is 0.0931. The number of carbonyl (C=O) groups excluding carboxylic acids is 1. The molecule has 0 spiro atoms. The van der Waals surface area contributed by atoms with Gasteiger partial charge in [0, 0.05) is 16.3 Å². The SMILES string of the molecule is Cc1ccc(NC(=O)c2nc3nc(-c4ccc(F)cc4)cc(C(F)(F)F)n3n2)cc1Cl. The molecule has 0 radical (unpaired) electrons. The lowest BCUT2D eigenvalue weighted by Crippen LogP contribution is -2.16. The van der Waals surface area contributed by atoms with E-state index in [1.54, 1.807) is 19.1 Å². The highest BCUT2D eigenvalue weighted by Crippen LogP contribution is 2.32. The third kappa shape index (κ3) is 4.19. The van der Waals surface area contributed by atoms with Gasteiger partial charge in [-0.2, -0.15) is 22.7 Å². The van der Waals surface area contributed by atoms with Crippen LogP contribution in [0.2, 0.25) is 5.02 Å². The molecule has 0 aliphatic rings. The van der Waals surface area contributed by atoms with Crippen molar-refractivity contribution in [2.45, 2.75) is 13.1 Å². The zero-order valence-corrected chi connectivity index (χ0v) is 16.5. The highest BCUT2D eigenvalue weighted by atomic mass is 35.5. The van der Waals surface area contributed by atoms with E-state index in [0.29, 0.717) is 15.2 Å². The Balaban J connectivity index is 1.77. The largest absolute Gasteiger partial charge is 0.433 e. The summed E-state index contributed by atoms with van der Waals surface area (Å²) in [5, 5.41) is 6.58. The van der Waals surface area contributed by atoms with E-state index in [1.807, 2.05) is 0 Å². The number of rotatable bonds is 3. The van der Waals surface area contributed by atoms with Gasteiger partial charge in [-0.05, 0) is 55.0 Å². The maximum atomic E-state index is 13.6. The molecule has 1 N–H and O–H groups in total. The average molecular weight is 450 g/mol. The monoisotopic (exact) mass is 449 g/mol. The van der Waals surface area contributed by atoms with Gasteiger partial charge in [0.1, 0.15) is 5.82 Å². The summed E-state index contributed by atoms with van der Waals surface area (Å²) < 4.78 is 54.5. The molecule has 2 aromatic carbocycles. The van der Waals surface area contributed by atoms with Crippen LogP contribution in [-0.4, -0.2) is 25.5 Å². The number of anilines is 1. The Morgan fingerprint density at radius 1 is 1.06 bits per heavy atom. The number of aromatic nitrogens is 4. The average Bonchev–Trinajstić information content (AvgIpc) is 3.14. The molecule has 4 rings (SSSR count). The molecule has 158 valence electrons. The maximum Gasteiger partial charge on any atom is 0.433 e. The molecular weight excluding hydrogens is 438 g/mol. The van der Waals surface area contributed by atoms with Gasteiger partial charge in [-0.15, -0.1) is 5.10 Å². The van der Waals surface area contributed by atoms with E-state index < -0.39 is 35.2 Å². The molecule has 0 fully saturated rings. The number of halogens is 5. The van der Waals surface area contributed by atoms with Gasteiger partial charge < -0.3 is 5.32 Å². The number of nitrogens with zero attached hydrogens (tertiary/aromatic N) is 4. The van der Waals surface area contributed by atoms with Gasteiger partial charge in [-0.25, -0.2) is 9.37 Å². The quantitative estimate of drug-likeness (QED) is 0.438. The van der Waals surface area contributed by atoms with E-state index in [4.69, 9.17) is 11.6 Å². The third-order valence-corrected chi connectivity index (χ3v) is 4.78. The summed E-state index contributed by atoms with van der Waals surface area (Å²) in [5.74, 6) is -2.31. The maximum absolute atomic E-state index is 13.6. The normalized spacial score (nSPS) is 11.7. The number of hydrogen-bond acceptors (Lipinski definition) is 4. The van der Waals surface area contributed by atoms with Gasteiger partial charge >= 0.3 is 6.18 Å². The standard InChI is InChI=1S/C20H12ClF4N5O/c1-10-2-7-13(8-14(10)21)26-18(31)17-28-19-27-15(11-3-5-12(22)6-4-11)9-16(20(23,24)25)30(19)29-17/h2-9H,1H3,(H,26,31). The van der Waals surface area contributed by atoms with Crippen LogP contribution in [0.3, 0.4) is 0 Å². The topological polar surface area (TPSA) is 72.2 Å². The minimum atomic E-state index is -4.80. The number of amides is 1. The van der Waals surface area contributed by atoms with Gasteiger partial charge in [-0.3, -0.25) is 4.79 Å². The first-order valence-corrected chi connectivity index (χ1v) is 9.18. The fraction of sp³-hybridized carbons (Fsp3) is 0.100. The van der Waals surface area contributed by atoms with Crippen molar-refractivity contribution in [2.24, 2.45) is 0 Å². The Bertz CT molecular complexity index is 1300. The second-order valence-corrected chi connectivity index (χ2v) is 7.00. The van der Waals surface area contributed by atoms with Crippen molar-refractivity contribution >= 4 is 29.0 Å². The van der Waals surface area contributed by atoms with Crippen LogP contribution in [0.1, 0.15) is 21.9 Å². The third-order valence-electron chi connectivity index (χ3n) is 4.38. The zero-order chi connectivity index (χ0) is 22.3. The molecule has 4 aromatic rings. The summed E-state index contributed by atoms with van der Waals surface area (Å²) >= 11 is 6.02. The fourth-order valence-corrected chi connectivity index (χ4v) is 2.97. The Hall–Kier alpha value is -3.53. The number of benzene rings is 2. The molecule has 0 atom stereocenters. The highest BCUT2D eigenvalue weighted by molar-refractivity contribution is 6.31. The molecule has 0 bridgehead atoms. The predicted octanol–water partition coefficient (Wildman–Crippen LogP) is 5.16. The Morgan fingerprint density at radius 2 is 1.77 bits per heavy atom. The van der Waals surface area contributed by atoms with Crippen LogP contribution in [0.25, 0.3) is 17.0 Å². The lowest BCUT2D eigenvalue weighted by molar-refractivity contribution is -0.142. The first-order chi connectivity index (χ1) is 14.6. The first kappa shape index (κ1) is 20.7. The number of alkyl halides is 3. The molecule has 0 unspecified atom stereocenters. The minimum Gasteiger partial charge on any atom is -0.319 e. The van der Waals surface area contributed by atoms with Crippen molar-refractivity contribution in [1.82, 2.24) is 19.6 Å². The first-order valence-electron chi connectivity index (χ1n) is 8.80. The van der Waals surface area contributed by atoms with Crippen LogP contribution in [0.5, 0.6) is 0 Å². The van der Waals surface area contributed by atoms with Crippen molar-refractivity contribution in [1.29, 1.82) is 0 Å². The Kier molecular flexibility index (Phi) is 5.10. The second-order valence-electron chi connectivity index (χ2n) is 6.60. The van der Waals surface area contributed by atoms with Crippen molar-refractivity contribution in [3.05, 3.63) is 76.5 Å². The van der Waals surface area contributed by atoms with Crippen molar-refractivity contribution in [3.63, 3.8) is 0 Å². The fourth-order valence-electron chi connectivity index (χ4n) is 2.79. The van der Waals surface area contributed by atoms with E-state index in [1.165, 1.54) is 18.2 Å². The van der Waals surface area contributed by atoms with Crippen molar-refractivity contribution in [3.8, 4) is 11.3 Å². The molecule has 1 amide bonds. The van der Waals surface area contributed by atoms with Crippen molar-refractivity contribution in [2.75, 3.05) is 5.32 Å². The molecule has 31 heavy (non-hydrogen) atoms. The van der Waals surface area contributed by atoms with Crippen LogP contribution < -0.4 is 5.32 Å². The molecule has 2 heterocycles. The summed E-state index contributed by atoms with van der Waals surface area (Å²) in [6, 6.07) is 10.3. The summed E-state index contributed by atoms with van der Waals surface area (Å²) in [7, 11) is 0. The van der Waals surface area contributed by atoms with Crippen LogP contribution in [0, 0.1) is 12.7 Å². The molecule has 0 saturated heterocycles. The number of aryl methyl sites for hydroxylation is 1. The molecule has 2 aromatic heterocycles. The molecule has 11 heteroatoms. The Morgan fingerprint density at radius 3 is 2.42 bits per heavy atom.